The third kappa shape index (κ3) is 2.63. The van der Waals surface area contributed by atoms with Crippen molar-refractivity contribution in [2.75, 3.05) is 0 Å². The zero-order chi connectivity index (χ0) is 12.5. The Balaban J connectivity index is 2.20. The number of benzene rings is 1. The van der Waals surface area contributed by atoms with E-state index in [1.165, 1.54) is 9.80 Å². The molecule has 0 spiro atoms. The van der Waals surface area contributed by atoms with Crippen LogP contribution in [0.2, 0.25) is 0 Å². The molecule has 1 aliphatic carbocycles. The van der Waals surface area contributed by atoms with Gasteiger partial charge in [0, 0.05) is 15.2 Å². The summed E-state index contributed by atoms with van der Waals surface area (Å²) in [6.07, 6.45) is 6.03. The zero-order valence-corrected chi connectivity index (χ0v) is 11.0. The molecule has 2 nitrogen and oxygen atoms in total. The van der Waals surface area contributed by atoms with E-state index in [4.69, 9.17) is 11.5 Å². The fourth-order valence-corrected chi connectivity index (χ4v) is 2.71. The van der Waals surface area contributed by atoms with Gasteiger partial charge in [-0.2, -0.15) is 0 Å². The number of allylic oxidation sites excluding steroid dienone is 1. The smallest absolute Gasteiger partial charge is 0.0920 e. The van der Waals surface area contributed by atoms with Crippen molar-refractivity contribution in [1.82, 2.24) is 0 Å². The second kappa shape index (κ2) is 4.33. The lowest BCUT2D eigenvalue weighted by atomic mass is 9.77. The molecule has 0 amide bonds. The van der Waals surface area contributed by atoms with E-state index in [2.05, 4.69) is 32.1 Å². The van der Waals surface area contributed by atoms with Gasteiger partial charge in [0.15, 0.2) is 0 Å². The molecule has 0 atom stereocenters. The molecule has 0 heterocycles. The molecule has 2 rings (SSSR count). The molecular formula is C14H18N2S. The second-order valence-electron chi connectivity index (χ2n) is 4.95. The summed E-state index contributed by atoms with van der Waals surface area (Å²) in [5.41, 5.74) is 11.1. The second-order valence-corrected chi connectivity index (χ2v) is 6.10. The number of hydrogen-bond donors (Lipinski definition) is 2. The molecule has 1 aromatic rings. The standard InChI is InChI=1S/C14H18N2S/c1-13(2)10-12(8-9-14(13,15)16)17-11-6-4-3-5-7-11/h3-10H,15-16H2,1-2H3. The Hall–Kier alpha value is -1.03. The van der Waals surface area contributed by atoms with Crippen LogP contribution in [0.4, 0.5) is 0 Å². The topological polar surface area (TPSA) is 52.0 Å². The third-order valence-electron chi connectivity index (χ3n) is 3.12. The summed E-state index contributed by atoms with van der Waals surface area (Å²) in [4.78, 5) is 2.41. The van der Waals surface area contributed by atoms with Gasteiger partial charge in [0.2, 0.25) is 0 Å². The van der Waals surface area contributed by atoms with Gasteiger partial charge in [-0.15, -0.1) is 0 Å². The van der Waals surface area contributed by atoms with Crippen molar-refractivity contribution in [3.05, 3.63) is 53.5 Å². The maximum atomic E-state index is 6.05. The van der Waals surface area contributed by atoms with Crippen molar-refractivity contribution in [3.63, 3.8) is 0 Å². The largest absolute Gasteiger partial charge is 0.309 e. The van der Waals surface area contributed by atoms with E-state index in [0.29, 0.717) is 0 Å². The summed E-state index contributed by atoms with van der Waals surface area (Å²) in [6, 6.07) is 10.3. The molecule has 17 heavy (non-hydrogen) atoms. The predicted octanol–water partition coefficient (Wildman–Crippen LogP) is 2.87. The van der Waals surface area contributed by atoms with Crippen LogP contribution in [0.25, 0.3) is 0 Å². The predicted molar refractivity (Wildman–Crippen MR) is 74.4 cm³/mol. The molecule has 0 fully saturated rings. The summed E-state index contributed by atoms with van der Waals surface area (Å²) in [5, 5.41) is 0. The zero-order valence-electron chi connectivity index (χ0n) is 10.2. The first-order valence-corrected chi connectivity index (χ1v) is 6.45. The van der Waals surface area contributed by atoms with Crippen LogP contribution in [0.5, 0.6) is 0 Å². The van der Waals surface area contributed by atoms with E-state index in [9.17, 15) is 0 Å². The van der Waals surface area contributed by atoms with E-state index in [0.717, 1.165) is 0 Å². The van der Waals surface area contributed by atoms with Gasteiger partial charge in [-0.1, -0.05) is 49.9 Å². The van der Waals surface area contributed by atoms with Crippen molar-refractivity contribution >= 4 is 11.8 Å². The minimum absolute atomic E-state index is 0.237. The highest BCUT2D eigenvalue weighted by atomic mass is 32.2. The van der Waals surface area contributed by atoms with E-state index >= 15 is 0 Å². The van der Waals surface area contributed by atoms with Crippen LogP contribution in [0, 0.1) is 5.41 Å². The van der Waals surface area contributed by atoms with Gasteiger partial charge in [0.05, 0.1) is 5.66 Å². The molecule has 0 unspecified atom stereocenters. The summed E-state index contributed by atoms with van der Waals surface area (Å²) >= 11 is 1.73. The number of rotatable bonds is 2. The van der Waals surface area contributed by atoms with Crippen LogP contribution in [-0.2, 0) is 0 Å². The van der Waals surface area contributed by atoms with Crippen molar-refractivity contribution in [2.45, 2.75) is 24.4 Å². The highest BCUT2D eigenvalue weighted by Crippen LogP contribution is 2.38. The highest BCUT2D eigenvalue weighted by Gasteiger charge is 2.36. The molecule has 0 saturated carbocycles. The van der Waals surface area contributed by atoms with Gasteiger partial charge >= 0.3 is 0 Å². The van der Waals surface area contributed by atoms with Crippen LogP contribution in [0.1, 0.15) is 13.8 Å². The first-order chi connectivity index (χ1) is 7.91. The molecule has 1 aliphatic rings. The van der Waals surface area contributed by atoms with Gasteiger partial charge in [-0.25, -0.2) is 0 Å². The van der Waals surface area contributed by atoms with Crippen LogP contribution < -0.4 is 11.5 Å². The molecule has 3 heteroatoms. The monoisotopic (exact) mass is 246 g/mol. The lowest BCUT2D eigenvalue weighted by Crippen LogP contribution is -2.58. The third-order valence-corrected chi connectivity index (χ3v) is 4.12. The fraction of sp³-hybridized carbons (Fsp3) is 0.286. The molecule has 0 aliphatic heterocycles. The Morgan fingerprint density at radius 3 is 2.29 bits per heavy atom. The van der Waals surface area contributed by atoms with Gasteiger partial charge in [0.25, 0.3) is 0 Å². The summed E-state index contributed by atoms with van der Waals surface area (Å²) in [7, 11) is 0. The van der Waals surface area contributed by atoms with E-state index in [1.54, 1.807) is 11.8 Å². The van der Waals surface area contributed by atoms with E-state index in [1.807, 2.05) is 30.4 Å². The van der Waals surface area contributed by atoms with Gasteiger partial charge in [0.1, 0.15) is 0 Å². The Labute approximate surface area is 107 Å². The van der Waals surface area contributed by atoms with Crippen molar-refractivity contribution in [1.29, 1.82) is 0 Å². The quantitative estimate of drug-likeness (QED) is 0.789. The molecule has 4 N–H and O–H groups in total. The average molecular weight is 246 g/mol. The van der Waals surface area contributed by atoms with Gasteiger partial charge in [-0.05, 0) is 24.3 Å². The molecule has 0 saturated heterocycles. The van der Waals surface area contributed by atoms with Crippen LogP contribution in [-0.4, -0.2) is 5.66 Å². The van der Waals surface area contributed by atoms with Gasteiger partial charge in [-0.3, -0.25) is 0 Å². The number of hydrogen-bond acceptors (Lipinski definition) is 3. The van der Waals surface area contributed by atoms with Crippen LogP contribution in [0.3, 0.4) is 0 Å². The lowest BCUT2D eigenvalue weighted by Gasteiger charge is -2.39. The minimum atomic E-state index is -0.770. The fourth-order valence-electron chi connectivity index (χ4n) is 1.65. The van der Waals surface area contributed by atoms with Crippen molar-refractivity contribution in [3.8, 4) is 0 Å². The molecular weight excluding hydrogens is 228 g/mol. The lowest BCUT2D eigenvalue weighted by molar-refractivity contribution is 0.288. The molecule has 1 aromatic carbocycles. The summed E-state index contributed by atoms with van der Waals surface area (Å²) < 4.78 is 0. The SMILES string of the molecule is CC1(C)C=C(Sc2ccccc2)C=CC1(N)N. The highest BCUT2D eigenvalue weighted by molar-refractivity contribution is 8.03. The summed E-state index contributed by atoms with van der Waals surface area (Å²) in [6.45, 7) is 4.12. The summed E-state index contributed by atoms with van der Waals surface area (Å²) in [5.74, 6) is 0. The Morgan fingerprint density at radius 2 is 1.71 bits per heavy atom. The maximum absolute atomic E-state index is 6.05. The number of thioether (sulfide) groups is 1. The molecule has 0 radical (unpaired) electrons. The van der Waals surface area contributed by atoms with E-state index < -0.39 is 5.66 Å². The van der Waals surface area contributed by atoms with Gasteiger partial charge < -0.3 is 11.5 Å². The van der Waals surface area contributed by atoms with Crippen molar-refractivity contribution in [2.24, 2.45) is 16.9 Å². The molecule has 90 valence electrons. The number of nitrogens with two attached hydrogens (primary N) is 2. The van der Waals surface area contributed by atoms with Crippen molar-refractivity contribution < 1.29 is 0 Å². The Bertz CT molecular complexity index is 458. The van der Waals surface area contributed by atoms with Crippen LogP contribution in [0.15, 0.2) is 58.4 Å². The first kappa shape index (κ1) is 12.4. The normalized spacial score (nSPS) is 21.1. The van der Waals surface area contributed by atoms with Crippen LogP contribution >= 0.6 is 11.8 Å². The average Bonchev–Trinajstić information content (AvgIpc) is 2.25. The Morgan fingerprint density at radius 1 is 1.06 bits per heavy atom. The molecule has 0 aromatic heterocycles. The Kier molecular flexibility index (Phi) is 3.17. The first-order valence-electron chi connectivity index (χ1n) is 5.63. The molecule has 0 bridgehead atoms. The maximum Gasteiger partial charge on any atom is 0.0920 e. The minimum Gasteiger partial charge on any atom is -0.309 e. The van der Waals surface area contributed by atoms with E-state index in [-0.39, 0.29) is 5.41 Å².